The molecule has 1 aromatic heterocycles. The Balaban J connectivity index is 1.62. The van der Waals surface area contributed by atoms with Crippen molar-refractivity contribution in [2.24, 2.45) is 0 Å². The van der Waals surface area contributed by atoms with Crippen LogP contribution in [0.15, 0.2) is 47.4 Å². The van der Waals surface area contributed by atoms with Gasteiger partial charge in [-0.3, -0.25) is 9.59 Å². The largest absolute Gasteiger partial charge is 0.358 e. The summed E-state index contributed by atoms with van der Waals surface area (Å²) in [7, 11) is -3.88. The SMILES string of the molecule is CCN(CC)CCNC(=O)c1c(C)[nH]c(/C=C2\C(=O)Nc3ccc(S(=O)(=O)Cc4ccccc4F)cc32)c1C. The number of sulfone groups is 1. The molecule has 2 heterocycles. The Morgan fingerprint density at radius 2 is 1.82 bits per heavy atom. The smallest absolute Gasteiger partial charge is 0.256 e. The lowest BCUT2D eigenvalue weighted by Crippen LogP contribution is -2.35. The lowest BCUT2D eigenvalue weighted by atomic mass is 10.0. The van der Waals surface area contributed by atoms with E-state index in [9.17, 15) is 22.4 Å². The van der Waals surface area contributed by atoms with Crippen molar-refractivity contribution < 1.29 is 22.4 Å². The van der Waals surface area contributed by atoms with E-state index in [1.807, 2.05) is 0 Å². The van der Waals surface area contributed by atoms with Gasteiger partial charge in [0.1, 0.15) is 5.82 Å². The van der Waals surface area contributed by atoms with Crippen LogP contribution in [0.2, 0.25) is 0 Å². The van der Waals surface area contributed by atoms with Crippen molar-refractivity contribution in [2.45, 2.75) is 38.3 Å². The molecule has 0 spiro atoms. The van der Waals surface area contributed by atoms with Crippen molar-refractivity contribution in [3.8, 4) is 0 Å². The van der Waals surface area contributed by atoms with Crippen LogP contribution in [0.4, 0.5) is 10.1 Å². The van der Waals surface area contributed by atoms with Gasteiger partial charge in [-0.05, 0) is 62.8 Å². The fourth-order valence-electron chi connectivity index (χ4n) is 4.77. The van der Waals surface area contributed by atoms with Gasteiger partial charge in [-0.2, -0.15) is 0 Å². The second-order valence-corrected chi connectivity index (χ2v) is 11.5. The van der Waals surface area contributed by atoms with E-state index in [-0.39, 0.29) is 27.8 Å². The summed E-state index contributed by atoms with van der Waals surface area (Å²) in [6, 6.07) is 10.1. The molecule has 8 nitrogen and oxygen atoms in total. The van der Waals surface area contributed by atoms with Gasteiger partial charge in [0.15, 0.2) is 9.84 Å². The van der Waals surface area contributed by atoms with E-state index < -0.39 is 21.4 Å². The summed E-state index contributed by atoms with van der Waals surface area (Å²) in [5.74, 6) is -1.67. The number of nitrogens with one attached hydrogen (secondary N) is 3. The molecule has 3 N–H and O–H groups in total. The van der Waals surface area contributed by atoms with Crippen molar-refractivity contribution in [2.75, 3.05) is 31.5 Å². The number of aromatic amines is 1. The third-order valence-electron chi connectivity index (χ3n) is 7.04. The number of benzene rings is 2. The Morgan fingerprint density at radius 1 is 1.10 bits per heavy atom. The number of hydrogen-bond acceptors (Lipinski definition) is 5. The number of anilines is 1. The second-order valence-electron chi connectivity index (χ2n) is 9.52. The highest BCUT2D eigenvalue weighted by Gasteiger charge is 2.28. The first-order valence-electron chi connectivity index (χ1n) is 12.9. The quantitative estimate of drug-likeness (QED) is 0.325. The number of nitrogens with zero attached hydrogens (tertiary/aromatic N) is 1. The molecule has 1 aliphatic heterocycles. The van der Waals surface area contributed by atoms with Gasteiger partial charge in [0.05, 0.1) is 21.8 Å². The minimum Gasteiger partial charge on any atom is -0.358 e. The van der Waals surface area contributed by atoms with Gasteiger partial charge in [-0.1, -0.05) is 32.0 Å². The maximum atomic E-state index is 14.1. The normalized spacial score (nSPS) is 14.1. The molecule has 1 aliphatic rings. The molecular formula is C29H33FN4O4S. The van der Waals surface area contributed by atoms with Crippen LogP contribution in [0.25, 0.3) is 11.6 Å². The van der Waals surface area contributed by atoms with Crippen LogP contribution in [-0.2, 0) is 20.4 Å². The Morgan fingerprint density at radius 3 is 2.51 bits per heavy atom. The minimum absolute atomic E-state index is 0.0143. The van der Waals surface area contributed by atoms with Crippen LogP contribution in [-0.4, -0.2) is 56.3 Å². The number of fused-ring (bicyclic) bond motifs is 1. The maximum absolute atomic E-state index is 14.1. The molecule has 0 fully saturated rings. The zero-order chi connectivity index (χ0) is 28.3. The fraction of sp³-hybridized carbons (Fsp3) is 0.310. The van der Waals surface area contributed by atoms with Gasteiger partial charge in [0, 0.05) is 41.3 Å². The highest BCUT2D eigenvalue weighted by molar-refractivity contribution is 7.90. The van der Waals surface area contributed by atoms with Crippen LogP contribution >= 0.6 is 0 Å². The zero-order valence-corrected chi connectivity index (χ0v) is 23.3. The minimum atomic E-state index is -3.88. The second kappa shape index (κ2) is 11.5. The maximum Gasteiger partial charge on any atom is 0.256 e. The molecule has 10 heteroatoms. The first-order valence-corrected chi connectivity index (χ1v) is 14.5. The van der Waals surface area contributed by atoms with Crippen LogP contribution < -0.4 is 10.6 Å². The van der Waals surface area contributed by atoms with E-state index in [1.54, 1.807) is 26.0 Å². The Labute approximate surface area is 228 Å². The molecule has 0 saturated carbocycles. The van der Waals surface area contributed by atoms with E-state index in [0.717, 1.165) is 19.6 Å². The first kappa shape index (κ1) is 28.3. The third-order valence-corrected chi connectivity index (χ3v) is 8.70. The molecule has 206 valence electrons. The predicted molar refractivity (Wildman–Crippen MR) is 151 cm³/mol. The Hall–Kier alpha value is -3.76. The number of likely N-dealkylation sites (N-methyl/N-ethyl adjacent to an activating group) is 1. The highest BCUT2D eigenvalue weighted by Crippen LogP contribution is 2.36. The average Bonchev–Trinajstić information content (AvgIpc) is 3.36. The molecule has 0 radical (unpaired) electrons. The predicted octanol–water partition coefficient (Wildman–Crippen LogP) is 4.31. The lowest BCUT2D eigenvalue weighted by Gasteiger charge is -2.18. The Bertz CT molecular complexity index is 1560. The summed E-state index contributed by atoms with van der Waals surface area (Å²) in [5, 5.41) is 5.72. The lowest BCUT2D eigenvalue weighted by molar-refractivity contribution is -0.110. The summed E-state index contributed by atoms with van der Waals surface area (Å²) in [5.41, 5.74) is 3.69. The summed E-state index contributed by atoms with van der Waals surface area (Å²) in [6.45, 7) is 10.8. The van der Waals surface area contributed by atoms with Gasteiger partial charge in [0.25, 0.3) is 11.8 Å². The standard InChI is InChI=1S/C29H33FN4O4S/c1-5-34(6-2)14-13-31-29(36)27-18(3)26(32-19(27)4)16-23-22-15-21(11-12-25(22)33-28(23)35)39(37,38)17-20-9-7-8-10-24(20)30/h7-12,15-16,32H,5-6,13-14,17H2,1-4H3,(H,31,36)(H,33,35)/b23-16-. The van der Waals surface area contributed by atoms with Crippen molar-refractivity contribution in [3.63, 3.8) is 0 Å². The summed E-state index contributed by atoms with van der Waals surface area (Å²) in [4.78, 5) is 31.2. The summed E-state index contributed by atoms with van der Waals surface area (Å²) in [6.07, 6.45) is 1.63. The number of rotatable bonds is 10. The highest BCUT2D eigenvalue weighted by atomic mass is 32.2. The molecule has 0 unspecified atom stereocenters. The molecule has 0 saturated heterocycles. The van der Waals surface area contributed by atoms with Gasteiger partial charge in [-0.25, -0.2) is 12.8 Å². The van der Waals surface area contributed by atoms with Gasteiger partial charge < -0.3 is 20.5 Å². The Kier molecular flexibility index (Phi) is 8.36. The number of hydrogen-bond donors (Lipinski definition) is 3. The van der Waals surface area contributed by atoms with Crippen LogP contribution in [0.1, 0.15) is 52.3 Å². The van der Waals surface area contributed by atoms with Gasteiger partial charge in [-0.15, -0.1) is 0 Å². The molecule has 0 aliphatic carbocycles. The molecular weight excluding hydrogens is 519 g/mol. The summed E-state index contributed by atoms with van der Waals surface area (Å²) >= 11 is 0. The van der Waals surface area contributed by atoms with E-state index in [2.05, 4.69) is 34.4 Å². The number of carbonyl (C=O) groups is 2. The topological polar surface area (TPSA) is 111 Å². The average molecular weight is 553 g/mol. The number of carbonyl (C=O) groups excluding carboxylic acids is 2. The van der Waals surface area contributed by atoms with Crippen LogP contribution in [0.5, 0.6) is 0 Å². The molecule has 2 amide bonds. The van der Waals surface area contributed by atoms with Crippen molar-refractivity contribution in [1.29, 1.82) is 0 Å². The third kappa shape index (κ3) is 5.97. The van der Waals surface area contributed by atoms with Crippen molar-refractivity contribution in [3.05, 3.63) is 81.9 Å². The molecule has 3 aromatic rings. The van der Waals surface area contributed by atoms with E-state index in [1.165, 1.54) is 36.4 Å². The summed E-state index contributed by atoms with van der Waals surface area (Å²) < 4.78 is 40.3. The monoisotopic (exact) mass is 552 g/mol. The van der Waals surface area contributed by atoms with E-state index >= 15 is 0 Å². The number of amides is 2. The van der Waals surface area contributed by atoms with E-state index in [0.29, 0.717) is 40.3 Å². The van der Waals surface area contributed by atoms with Crippen LogP contribution in [0.3, 0.4) is 0 Å². The van der Waals surface area contributed by atoms with Crippen molar-refractivity contribution in [1.82, 2.24) is 15.2 Å². The molecule has 0 atom stereocenters. The molecule has 2 aromatic carbocycles. The number of aromatic nitrogens is 1. The molecule has 4 rings (SSSR count). The fourth-order valence-corrected chi connectivity index (χ4v) is 6.15. The van der Waals surface area contributed by atoms with Crippen LogP contribution in [0, 0.1) is 19.7 Å². The number of aryl methyl sites for hydroxylation is 1. The molecule has 39 heavy (non-hydrogen) atoms. The first-order chi connectivity index (χ1) is 18.6. The molecule has 0 bridgehead atoms. The number of H-pyrrole nitrogens is 1. The van der Waals surface area contributed by atoms with Gasteiger partial charge in [0.2, 0.25) is 0 Å². The number of halogens is 1. The van der Waals surface area contributed by atoms with Crippen molar-refractivity contribution >= 4 is 39.0 Å². The van der Waals surface area contributed by atoms with E-state index in [4.69, 9.17) is 0 Å². The zero-order valence-electron chi connectivity index (χ0n) is 22.5. The van der Waals surface area contributed by atoms with Gasteiger partial charge >= 0.3 is 0 Å².